The number of halogens is 3. The SMILES string of the molecule is Cc1cc(NC(C)CC(F)(F)F)ccc1N. The molecular formula is C11H15F3N2. The van der Waals surface area contributed by atoms with Crippen molar-refractivity contribution in [2.75, 3.05) is 11.1 Å². The van der Waals surface area contributed by atoms with Gasteiger partial charge in [0.05, 0.1) is 6.42 Å². The van der Waals surface area contributed by atoms with E-state index in [1.807, 2.05) is 6.92 Å². The van der Waals surface area contributed by atoms with Gasteiger partial charge in [-0.15, -0.1) is 0 Å². The minimum atomic E-state index is -4.14. The van der Waals surface area contributed by atoms with Crippen LogP contribution in [-0.2, 0) is 0 Å². The largest absolute Gasteiger partial charge is 0.399 e. The van der Waals surface area contributed by atoms with Gasteiger partial charge >= 0.3 is 6.18 Å². The van der Waals surface area contributed by atoms with E-state index in [1.165, 1.54) is 6.92 Å². The zero-order valence-electron chi connectivity index (χ0n) is 9.23. The van der Waals surface area contributed by atoms with Crippen molar-refractivity contribution in [3.05, 3.63) is 23.8 Å². The van der Waals surface area contributed by atoms with Crippen LogP contribution in [0.1, 0.15) is 18.9 Å². The van der Waals surface area contributed by atoms with Crippen LogP contribution in [0.5, 0.6) is 0 Å². The highest BCUT2D eigenvalue weighted by molar-refractivity contribution is 5.56. The number of nitrogens with two attached hydrogens (primary N) is 1. The summed E-state index contributed by atoms with van der Waals surface area (Å²) in [5.74, 6) is 0. The lowest BCUT2D eigenvalue weighted by molar-refractivity contribution is -0.136. The predicted molar refractivity (Wildman–Crippen MR) is 59.3 cm³/mol. The maximum absolute atomic E-state index is 12.1. The van der Waals surface area contributed by atoms with Gasteiger partial charge in [-0.25, -0.2) is 0 Å². The number of hydrogen-bond acceptors (Lipinski definition) is 2. The molecule has 0 aliphatic rings. The molecule has 1 atom stereocenters. The zero-order valence-corrected chi connectivity index (χ0v) is 9.23. The highest BCUT2D eigenvalue weighted by Gasteiger charge is 2.29. The minimum absolute atomic E-state index is 0.633. The highest BCUT2D eigenvalue weighted by Crippen LogP contribution is 2.24. The molecule has 0 bridgehead atoms. The van der Waals surface area contributed by atoms with Crippen molar-refractivity contribution in [2.24, 2.45) is 0 Å². The second-order valence-electron chi connectivity index (χ2n) is 3.94. The van der Waals surface area contributed by atoms with Crippen molar-refractivity contribution in [3.8, 4) is 0 Å². The van der Waals surface area contributed by atoms with Gasteiger partial charge in [0.1, 0.15) is 0 Å². The van der Waals surface area contributed by atoms with Crippen LogP contribution in [0.3, 0.4) is 0 Å². The van der Waals surface area contributed by atoms with Crippen molar-refractivity contribution in [3.63, 3.8) is 0 Å². The first-order valence-electron chi connectivity index (χ1n) is 4.97. The van der Waals surface area contributed by atoms with Crippen LogP contribution in [0.25, 0.3) is 0 Å². The smallest absolute Gasteiger partial charge is 0.391 e. The Balaban J connectivity index is 2.63. The minimum Gasteiger partial charge on any atom is -0.399 e. The molecule has 0 aliphatic carbocycles. The molecule has 2 nitrogen and oxygen atoms in total. The molecule has 0 saturated heterocycles. The summed E-state index contributed by atoms with van der Waals surface area (Å²) >= 11 is 0. The third kappa shape index (κ3) is 4.00. The molecule has 0 saturated carbocycles. The first kappa shape index (κ1) is 12.7. The number of nitrogen functional groups attached to an aromatic ring is 1. The number of aryl methyl sites for hydroxylation is 1. The number of rotatable bonds is 3. The van der Waals surface area contributed by atoms with E-state index in [9.17, 15) is 13.2 Å². The topological polar surface area (TPSA) is 38.0 Å². The Morgan fingerprint density at radius 2 is 2.00 bits per heavy atom. The first-order valence-corrected chi connectivity index (χ1v) is 4.97. The summed E-state index contributed by atoms with van der Waals surface area (Å²) < 4.78 is 36.3. The Hall–Kier alpha value is -1.39. The lowest BCUT2D eigenvalue weighted by Crippen LogP contribution is -2.23. The van der Waals surface area contributed by atoms with E-state index in [-0.39, 0.29) is 0 Å². The standard InChI is InChI=1S/C11H15F3N2/c1-7-5-9(3-4-10(7)15)16-8(2)6-11(12,13)14/h3-5,8,16H,6,15H2,1-2H3. The van der Waals surface area contributed by atoms with Crippen molar-refractivity contribution in [2.45, 2.75) is 32.5 Å². The van der Waals surface area contributed by atoms with E-state index in [0.29, 0.717) is 11.4 Å². The van der Waals surface area contributed by atoms with Gasteiger partial charge in [0.15, 0.2) is 0 Å². The van der Waals surface area contributed by atoms with Gasteiger partial charge in [-0.1, -0.05) is 0 Å². The van der Waals surface area contributed by atoms with Crippen LogP contribution in [-0.4, -0.2) is 12.2 Å². The molecule has 90 valence electrons. The van der Waals surface area contributed by atoms with Crippen LogP contribution in [0.15, 0.2) is 18.2 Å². The van der Waals surface area contributed by atoms with Crippen LogP contribution in [0.4, 0.5) is 24.5 Å². The van der Waals surface area contributed by atoms with Crippen molar-refractivity contribution < 1.29 is 13.2 Å². The van der Waals surface area contributed by atoms with Crippen molar-refractivity contribution in [1.29, 1.82) is 0 Å². The molecule has 0 fully saturated rings. The van der Waals surface area contributed by atoms with Crippen LogP contribution in [0, 0.1) is 6.92 Å². The van der Waals surface area contributed by atoms with E-state index in [4.69, 9.17) is 5.73 Å². The molecule has 0 aromatic heterocycles. The molecule has 1 aromatic rings. The number of anilines is 2. The molecule has 1 rings (SSSR count). The summed E-state index contributed by atoms with van der Waals surface area (Å²) in [6.07, 6.45) is -4.99. The molecule has 0 heterocycles. The van der Waals surface area contributed by atoms with Gasteiger partial charge < -0.3 is 11.1 Å². The van der Waals surface area contributed by atoms with Gasteiger partial charge in [0.25, 0.3) is 0 Å². The molecule has 1 aromatic carbocycles. The van der Waals surface area contributed by atoms with E-state index in [2.05, 4.69) is 5.32 Å². The molecule has 16 heavy (non-hydrogen) atoms. The normalized spacial score (nSPS) is 13.6. The van der Waals surface area contributed by atoms with Gasteiger partial charge in [0, 0.05) is 17.4 Å². The lowest BCUT2D eigenvalue weighted by Gasteiger charge is -2.17. The predicted octanol–water partition coefficient (Wildman–Crippen LogP) is 3.33. The maximum Gasteiger partial charge on any atom is 0.391 e. The number of nitrogens with one attached hydrogen (secondary N) is 1. The summed E-state index contributed by atoms with van der Waals surface area (Å²) in [5.41, 5.74) is 7.75. The molecule has 0 radical (unpaired) electrons. The Morgan fingerprint density at radius 3 is 2.50 bits per heavy atom. The van der Waals surface area contributed by atoms with Crippen LogP contribution < -0.4 is 11.1 Å². The summed E-state index contributed by atoms with van der Waals surface area (Å²) in [7, 11) is 0. The molecule has 5 heteroatoms. The van der Waals surface area contributed by atoms with Gasteiger partial charge in [-0.05, 0) is 37.6 Å². The summed E-state index contributed by atoms with van der Waals surface area (Å²) in [5, 5.41) is 2.79. The molecule has 0 aliphatic heterocycles. The molecule has 3 N–H and O–H groups in total. The van der Waals surface area contributed by atoms with E-state index in [1.54, 1.807) is 18.2 Å². The Kier molecular flexibility index (Phi) is 3.67. The van der Waals surface area contributed by atoms with Crippen LogP contribution >= 0.6 is 0 Å². The second kappa shape index (κ2) is 4.63. The monoisotopic (exact) mass is 232 g/mol. The van der Waals surface area contributed by atoms with E-state index >= 15 is 0 Å². The zero-order chi connectivity index (χ0) is 12.3. The average molecular weight is 232 g/mol. The summed E-state index contributed by atoms with van der Waals surface area (Å²) in [4.78, 5) is 0. The molecule has 0 amide bonds. The molecule has 0 spiro atoms. The van der Waals surface area contributed by atoms with Crippen molar-refractivity contribution in [1.82, 2.24) is 0 Å². The Morgan fingerprint density at radius 1 is 1.38 bits per heavy atom. The fraction of sp³-hybridized carbons (Fsp3) is 0.455. The maximum atomic E-state index is 12.1. The van der Waals surface area contributed by atoms with Gasteiger partial charge in [-0.2, -0.15) is 13.2 Å². The van der Waals surface area contributed by atoms with E-state index < -0.39 is 18.6 Å². The third-order valence-electron chi connectivity index (χ3n) is 2.22. The van der Waals surface area contributed by atoms with E-state index in [0.717, 1.165) is 5.56 Å². The van der Waals surface area contributed by atoms with Crippen molar-refractivity contribution >= 4 is 11.4 Å². The quantitative estimate of drug-likeness (QED) is 0.784. The number of hydrogen-bond donors (Lipinski definition) is 2. The fourth-order valence-corrected chi connectivity index (χ4v) is 1.45. The fourth-order valence-electron chi connectivity index (χ4n) is 1.45. The lowest BCUT2D eigenvalue weighted by atomic mass is 10.1. The van der Waals surface area contributed by atoms with Gasteiger partial charge in [0.2, 0.25) is 0 Å². The molecular weight excluding hydrogens is 217 g/mol. The average Bonchev–Trinajstić information content (AvgIpc) is 2.08. The highest BCUT2D eigenvalue weighted by atomic mass is 19.4. The number of benzene rings is 1. The number of alkyl halides is 3. The Labute approximate surface area is 92.6 Å². The van der Waals surface area contributed by atoms with Gasteiger partial charge in [-0.3, -0.25) is 0 Å². The Bertz CT molecular complexity index is 361. The third-order valence-corrected chi connectivity index (χ3v) is 2.22. The summed E-state index contributed by atoms with van der Waals surface area (Å²) in [6, 6.07) is 4.44. The summed E-state index contributed by atoms with van der Waals surface area (Å²) in [6.45, 7) is 3.31. The van der Waals surface area contributed by atoms with Crippen LogP contribution in [0.2, 0.25) is 0 Å². The first-order chi connectivity index (χ1) is 7.28. The molecule has 1 unspecified atom stereocenters. The second-order valence-corrected chi connectivity index (χ2v) is 3.94.